The molecule has 0 aliphatic carbocycles. The number of aliphatic carboxylic acids is 1. The van der Waals surface area contributed by atoms with E-state index in [-0.39, 0.29) is 6.42 Å². The van der Waals surface area contributed by atoms with Gasteiger partial charge < -0.3 is 47.7 Å². The van der Waals surface area contributed by atoms with Crippen molar-refractivity contribution in [2.24, 2.45) is 11.5 Å². The summed E-state index contributed by atoms with van der Waals surface area (Å²) in [6, 6.07) is -5.94. The Morgan fingerprint density at radius 1 is 1.09 bits per heavy atom. The van der Waals surface area contributed by atoms with Crippen molar-refractivity contribution in [3.05, 3.63) is 18.2 Å². The summed E-state index contributed by atoms with van der Waals surface area (Å²) < 4.78 is 0. The number of aliphatic hydroxyl groups excluding tert-OH is 2. The zero-order valence-corrected chi connectivity index (χ0v) is 17.1. The second-order valence-electron chi connectivity index (χ2n) is 6.93. The lowest BCUT2D eigenvalue weighted by Crippen LogP contribution is -2.59. The molecule has 1 rings (SSSR count). The fraction of sp³-hybridized carbons (Fsp3) is 0.529. The number of carbonyl (C=O) groups excluding carboxylic acids is 4. The molecule has 4 amide bonds. The Kier molecular flexibility index (Phi) is 10.2. The van der Waals surface area contributed by atoms with Gasteiger partial charge in [0, 0.05) is 18.3 Å². The molecular weight excluding hydrogens is 430 g/mol. The van der Waals surface area contributed by atoms with Gasteiger partial charge in [-0.1, -0.05) is 0 Å². The zero-order valence-electron chi connectivity index (χ0n) is 17.1. The minimum Gasteiger partial charge on any atom is -0.480 e. The van der Waals surface area contributed by atoms with Crippen LogP contribution in [0.2, 0.25) is 0 Å². The highest BCUT2D eigenvalue weighted by atomic mass is 16.4. The number of rotatable bonds is 13. The number of carboxylic acids is 1. The van der Waals surface area contributed by atoms with Gasteiger partial charge in [-0.05, 0) is 6.92 Å². The summed E-state index contributed by atoms with van der Waals surface area (Å²) >= 11 is 0. The third-order valence-corrected chi connectivity index (χ3v) is 4.23. The average molecular weight is 457 g/mol. The van der Waals surface area contributed by atoms with Crippen LogP contribution in [0.1, 0.15) is 19.0 Å². The number of aliphatic hydroxyl groups is 2. The highest BCUT2D eigenvalue weighted by molar-refractivity contribution is 5.96. The monoisotopic (exact) mass is 457 g/mol. The number of nitrogens with one attached hydrogen (secondary N) is 4. The Bertz CT molecular complexity index is 814. The SMILES string of the molecule is CC(O)C(NC(=O)C(CC(N)=O)NC(=O)C(Cc1cnc[nH]1)NC(=O)C(N)CO)C(=O)O. The first-order valence-corrected chi connectivity index (χ1v) is 9.40. The van der Waals surface area contributed by atoms with Crippen LogP contribution in [0.4, 0.5) is 0 Å². The second-order valence-corrected chi connectivity index (χ2v) is 6.93. The van der Waals surface area contributed by atoms with Gasteiger partial charge in [0.1, 0.15) is 18.1 Å². The van der Waals surface area contributed by atoms with Gasteiger partial charge in [-0.15, -0.1) is 0 Å². The summed E-state index contributed by atoms with van der Waals surface area (Å²) in [4.78, 5) is 66.4. The normalized spacial score (nSPS) is 15.5. The lowest BCUT2D eigenvalue weighted by Gasteiger charge is -2.25. The van der Waals surface area contributed by atoms with Crippen molar-refractivity contribution in [1.82, 2.24) is 25.9 Å². The van der Waals surface area contributed by atoms with Crippen molar-refractivity contribution in [3.63, 3.8) is 0 Å². The van der Waals surface area contributed by atoms with Gasteiger partial charge in [0.25, 0.3) is 0 Å². The highest BCUT2D eigenvalue weighted by Gasteiger charge is 2.32. The van der Waals surface area contributed by atoms with E-state index in [9.17, 15) is 29.1 Å². The molecule has 0 bridgehead atoms. The first kappa shape index (κ1) is 26.5. The van der Waals surface area contributed by atoms with E-state index < -0.39 is 72.9 Å². The number of primary amides is 1. The van der Waals surface area contributed by atoms with Crippen LogP contribution < -0.4 is 27.4 Å². The molecule has 0 aliphatic heterocycles. The number of aromatic amines is 1. The van der Waals surface area contributed by atoms with Crippen LogP contribution in [0, 0.1) is 0 Å². The van der Waals surface area contributed by atoms with Crippen LogP contribution in [0.3, 0.4) is 0 Å². The number of aromatic nitrogens is 2. The van der Waals surface area contributed by atoms with E-state index in [1.54, 1.807) is 0 Å². The number of nitrogens with two attached hydrogens (primary N) is 2. The molecule has 1 aromatic rings. The molecule has 15 nitrogen and oxygen atoms in total. The molecule has 0 aliphatic rings. The van der Waals surface area contributed by atoms with Crippen LogP contribution in [0.15, 0.2) is 12.5 Å². The largest absolute Gasteiger partial charge is 0.480 e. The molecule has 0 saturated carbocycles. The lowest BCUT2D eigenvalue weighted by molar-refractivity contribution is -0.145. The Hall–Kier alpha value is -3.56. The molecule has 15 heteroatoms. The Labute approximate surface area is 181 Å². The maximum Gasteiger partial charge on any atom is 0.328 e. The highest BCUT2D eigenvalue weighted by Crippen LogP contribution is 2.03. The number of imidazole rings is 1. The Morgan fingerprint density at radius 3 is 2.16 bits per heavy atom. The molecule has 0 aromatic carbocycles. The van der Waals surface area contributed by atoms with E-state index in [0.29, 0.717) is 5.69 Å². The maximum atomic E-state index is 12.8. The zero-order chi connectivity index (χ0) is 24.4. The second kappa shape index (κ2) is 12.3. The van der Waals surface area contributed by atoms with Crippen LogP contribution in [-0.2, 0) is 30.4 Å². The number of hydrogen-bond acceptors (Lipinski definition) is 9. The summed E-state index contributed by atoms with van der Waals surface area (Å²) in [6.07, 6.45) is 0.425. The topological polar surface area (TPSA) is 263 Å². The lowest BCUT2D eigenvalue weighted by atomic mass is 10.1. The molecule has 0 radical (unpaired) electrons. The summed E-state index contributed by atoms with van der Waals surface area (Å²) in [5, 5.41) is 34.2. The molecule has 5 unspecified atom stereocenters. The van der Waals surface area contributed by atoms with Crippen molar-refractivity contribution in [2.45, 2.75) is 50.0 Å². The Morgan fingerprint density at radius 2 is 1.69 bits per heavy atom. The van der Waals surface area contributed by atoms with E-state index in [1.165, 1.54) is 12.5 Å². The summed E-state index contributed by atoms with van der Waals surface area (Å²) in [7, 11) is 0. The third-order valence-electron chi connectivity index (χ3n) is 4.23. The number of hydrogen-bond donors (Lipinski definition) is 9. The van der Waals surface area contributed by atoms with Gasteiger partial charge in [-0.2, -0.15) is 0 Å². The van der Waals surface area contributed by atoms with Gasteiger partial charge in [-0.25, -0.2) is 9.78 Å². The third kappa shape index (κ3) is 8.29. The number of carbonyl (C=O) groups is 5. The molecule has 0 spiro atoms. The van der Waals surface area contributed by atoms with Crippen LogP contribution in [-0.4, -0.2) is 91.8 Å². The van der Waals surface area contributed by atoms with Crippen molar-refractivity contribution < 1.29 is 39.3 Å². The summed E-state index contributed by atoms with van der Waals surface area (Å²) in [5.41, 5.74) is 11.0. The molecule has 1 heterocycles. The Balaban J connectivity index is 3.04. The molecule has 5 atom stereocenters. The van der Waals surface area contributed by atoms with Crippen molar-refractivity contribution >= 4 is 29.6 Å². The average Bonchev–Trinajstić information content (AvgIpc) is 3.22. The van der Waals surface area contributed by atoms with E-state index in [4.69, 9.17) is 21.7 Å². The van der Waals surface area contributed by atoms with Crippen molar-refractivity contribution in [3.8, 4) is 0 Å². The molecule has 1 aromatic heterocycles. The van der Waals surface area contributed by atoms with Crippen molar-refractivity contribution in [1.29, 1.82) is 0 Å². The van der Waals surface area contributed by atoms with Crippen LogP contribution >= 0.6 is 0 Å². The quantitative estimate of drug-likeness (QED) is 0.136. The predicted molar refractivity (Wildman–Crippen MR) is 106 cm³/mol. The van der Waals surface area contributed by atoms with Gasteiger partial charge in [-0.3, -0.25) is 19.2 Å². The number of nitrogens with zero attached hydrogens (tertiary/aromatic N) is 1. The van der Waals surface area contributed by atoms with Crippen molar-refractivity contribution in [2.75, 3.05) is 6.61 Å². The van der Waals surface area contributed by atoms with Gasteiger partial charge in [0.15, 0.2) is 6.04 Å². The standard InChI is InChI=1S/C17H27N7O8/c1-7(26)13(17(31)32)24-16(30)11(3-12(19)27)23-15(29)10(2-8-4-20-6-21-8)22-14(28)9(18)5-25/h4,6-7,9-11,13,25-26H,2-3,5,18H2,1H3,(H2,19,27)(H,20,21)(H,22,28)(H,23,29)(H,24,30)(H,31,32). The van der Waals surface area contributed by atoms with E-state index >= 15 is 0 Å². The minimum atomic E-state index is -1.71. The fourth-order valence-electron chi connectivity index (χ4n) is 2.51. The molecule has 32 heavy (non-hydrogen) atoms. The fourth-order valence-corrected chi connectivity index (χ4v) is 2.51. The van der Waals surface area contributed by atoms with Gasteiger partial charge >= 0.3 is 5.97 Å². The molecule has 0 fully saturated rings. The van der Waals surface area contributed by atoms with Crippen LogP contribution in [0.5, 0.6) is 0 Å². The maximum absolute atomic E-state index is 12.8. The predicted octanol–water partition coefficient (Wildman–Crippen LogP) is -4.93. The van der Waals surface area contributed by atoms with Crippen LogP contribution in [0.25, 0.3) is 0 Å². The number of carboxylic acid groups (broad SMARTS) is 1. The minimum absolute atomic E-state index is 0.119. The summed E-state index contributed by atoms with van der Waals surface area (Å²) in [5.74, 6) is -5.40. The van der Waals surface area contributed by atoms with E-state index in [1.807, 2.05) is 5.32 Å². The van der Waals surface area contributed by atoms with E-state index in [2.05, 4.69) is 20.6 Å². The molecule has 178 valence electrons. The number of H-pyrrole nitrogens is 1. The first-order chi connectivity index (χ1) is 15.0. The smallest absolute Gasteiger partial charge is 0.328 e. The van der Waals surface area contributed by atoms with Gasteiger partial charge in [0.2, 0.25) is 23.6 Å². The first-order valence-electron chi connectivity index (χ1n) is 9.40. The van der Waals surface area contributed by atoms with E-state index in [0.717, 1.165) is 6.92 Å². The molecular formula is C17H27N7O8. The molecule has 0 saturated heterocycles. The summed E-state index contributed by atoms with van der Waals surface area (Å²) in [6.45, 7) is 0.438. The number of amides is 4. The van der Waals surface area contributed by atoms with Gasteiger partial charge in [0.05, 0.1) is 25.5 Å². The molecule has 11 N–H and O–H groups in total.